The maximum absolute atomic E-state index is 5.67. The van der Waals surface area contributed by atoms with Crippen molar-refractivity contribution in [2.24, 2.45) is 0 Å². The molecule has 0 aliphatic heterocycles. The molecule has 0 heterocycles. The Morgan fingerprint density at radius 1 is 1.26 bits per heavy atom. The molecule has 2 aliphatic rings. The third-order valence-corrected chi connectivity index (χ3v) is 5.67. The molecular formula is C20H27BO2. The van der Waals surface area contributed by atoms with Gasteiger partial charge in [0.05, 0.1) is 13.2 Å². The lowest BCUT2D eigenvalue weighted by Crippen LogP contribution is -2.16. The molecule has 1 aromatic carbocycles. The summed E-state index contributed by atoms with van der Waals surface area (Å²) in [6.45, 7) is 2.27. The number of allylic oxidation sites excluding steroid dienone is 3. The van der Waals surface area contributed by atoms with E-state index in [-0.39, 0.29) is 0 Å². The molecule has 1 fully saturated rings. The van der Waals surface area contributed by atoms with Crippen molar-refractivity contribution in [2.45, 2.75) is 50.4 Å². The molecule has 0 saturated heterocycles. The van der Waals surface area contributed by atoms with Gasteiger partial charge >= 0.3 is 0 Å². The highest BCUT2D eigenvalue weighted by molar-refractivity contribution is 6.18. The van der Waals surface area contributed by atoms with Gasteiger partial charge in [-0.3, -0.25) is 0 Å². The van der Waals surface area contributed by atoms with Crippen LogP contribution in [0.1, 0.15) is 38.2 Å². The third kappa shape index (κ3) is 3.25. The van der Waals surface area contributed by atoms with E-state index in [0.717, 1.165) is 37.9 Å². The molecule has 3 heteroatoms. The van der Waals surface area contributed by atoms with Gasteiger partial charge in [0, 0.05) is 7.11 Å². The normalized spacial score (nSPS) is 26.9. The van der Waals surface area contributed by atoms with Crippen molar-refractivity contribution < 1.29 is 9.47 Å². The first-order valence-electron chi connectivity index (χ1n) is 8.61. The molecular weight excluding hydrogens is 283 g/mol. The summed E-state index contributed by atoms with van der Waals surface area (Å²) in [5.41, 5.74) is 6.03. The van der Waals surface area contributed by atoms with Crippen LogP contribution in [0.15, 0.2) is 47.1 Å². The predicted octanol–water partition coefficient (Wildman–Crippen LogP) is 3.88. The van der Waals surface area contributed by atoms with Crippen molar-refractivity contribution in [1.82, 2.24) is 0 Å². The number of fused-ring (bicyclic) bond motifs is 1. The lowest BCUT2D eigenvalue weighted by Gasteiger charge is -2.32. The fraction of sp³-hybridized carbons (Fsp3) is 0.500. The van der Waals surface area contributed by atoms with Gasteiger partial charge in [-0.25, -0.2) is 0 Å². The molecule has 2 aliphatic carbocycles. The van der Waals surface area contributed by atoms with E-state index in [1.165, 1.54) is 11.1 Å². The van der Waals surface area contributed by atoms with Crippen LogP contribution >= 0.6 is 0 Å². The second-order valence-electron chi connectivity index (χ2n) is 7.23. The average molecular weight is 310 g/mol. The van der Waals surface area contributed by atoms with E-state index in [1.54, 1.807) is 18.3 Å². The molecule has 1 saturated carbocycles. The highest BCUT2D eigenvalue weighted by Gasteiger charge is 2.42. The Hall–Kier alpha value is -1.48. The molecule has 2 nitrogen and oxygen atoms in total. The second kappa shape index (κ2) is 6.56. The van der Waals surface area contributed by atoms with Crippen LogP contribution in [-0.2, 0) is 11.2 Å². The smallest absolute Gasteiger partial charge is 0.119 e. The monoisotopic (exact) mass is 310 g/mol. The predicted molar refractivity (Wildman–Crippen MR) is 98.0 cm³/mol. The second-order valence-corrected chi connectivity index (χ2v) is 7.23. The van der Waals surface area contributed by atoms with Crippen molar-refractivity contribution >= 4 is 7.85 Å². The summed E-state index contributed by atoms with van der Waals surface area (Å²) in [6.07, 6.45) is 8.42. The van der Waals surface area contributed by atoms with Crippen LogP contribution in [-0.4, -0.2) is 28.2 Å². The van der Waals surface area contributed by atoms with Gasteiger partial charge in [0.25, 0.3) is 0 Å². The average Bonchev–Trinajstić information content (AvgIpc) is 2.91. The summed E-state index contributed by atoms with van der Waals surface area (Å²) in [5.74, 6) is 0.946. The van der Waals surface area contributed by atoms with E-state index in [1.807, 2.05) is 13.2 Å². The number of ether oxygens (including phenoxy) is 2. The summed E-state index contributed by atoms with van der Waals surface area (Å²) in [5, 5.41) is 0.309. The molecule has 0 amide bonds. The minimum absolute atomic E-state index is 0.309. The standard InChI is InChI=1S/C20H27BO2/c1-14-9-10-20(21)13-17(23-3)12-19(20)18(14)8-7-15-5-4-6-16(11-15)22-2/h4-6,9,11,17H,7-8,10,12-13,21H2,1-3H3/t17-,20+/m0/s1. The van der Waals surface area contributed by atoms with Gasteiger partial charge in [-0.1, -0.05) is 29.4 Å². The zero-order chi connectivity index (χ0) is 16.4. The number of benzene rings is 1. The first kappa shape index (κ1) is 16.4. The van der Waals surface area contributed by atoms with Gasteiger partial charge in [0.15, 0.2) is 0 Å². The lowest BCUT2D eigenvalue weighted by atomic mass is 9.59. The van der Waals surface area contributed by atoms with E-state index in [4.69, 9.17) is 9.47 Å². The van der Waals surface area contributed by atoms with E-state index in [9.17, 15) is 0 Å². The van der Waals surface area contributed by atoms with Crippen LogP contribution in [0.5, 0.6) is 5.75 Å². The Kier molecular flexibility index (Phi) is 4.68. The van der Waals surface area contributed by atoms with E-state index in [2.05, 4.69) is 39.0 Å². The molecule has 122 valence electrons. The van der Waals surface area contributed by atoms with Gasteiger partial charge in [0.2, 0.25) is 0 Å². The van der Waals surface area contributed by atoms with Crippen molar-refractivity contribution in [3.05, 3.63) is 52.6 Å². The maximum Gasteiger partial charge on any atom is 0.119 e. The summed E-state index contributed by atoms with van der Waals surface area (Å²) in [7, 11) is 5.99. The van der Waals surface area contributed by atoms with E-state index >= 15 is 0 Å². The number of rotatable bonds is 5. The molecule has 1 aromatic rings. The van der Waals surface area contributed by atoms with Gasteiger partial charge < -0.3 is 9.47 Å². The Morgan fingerprint density at radius 2 is 2.09 bits per heavy atom. The van der Waals surface area contributed by atoms with Crippen molar-refractivity contribution in [3.8, 4) is 5.75 Å². The fourth-order valence-electron chi connectivity index (χ4n) is 4.22. The molecule has 0 spiro atoms. The number of hydrogen-bond donors (Lipinski definition) is 0. The summed E-state index contributed by atoms with van der Waals surface area (Å²) in [4.78, 5) is 0. The number of aryl methyl sites for hydroxylation is 1. The van der Waals surface area contributed by atoms with Gasteiger partial charge in [-0.15, -0.1) is 0 Å². The van der Waals surface area contributed by atoms with Gasteiger partial charge in [-0.05, 0) is 67.6 Å². The quantitative estimate of drug-likeness (QED) is 0.769. The van der Waals surface area contributed by atoms with Gasteiger partial charge in [-0.2, -0.15) is 0 Å². The number of hydrogen-bond acceptors (Lipinski definition) is 2. The van der Waals surface area contributed by atoms with E-state index in [0.29, 0.717) is 11.4 Å². The highest BCUT2D eigenvalue weighted by atomic mass is 16.5. The minimum atomic E-state index is 0.309. The largest absolute Gasteiger partial charge is 0.497 e. The Morgan fingerprint density at radius 3 is 2.83 bits per heavy atom. The zero-order valence-electron chi connectivity index (χ0n) is 14.8. The van der Waals surface area contributed by atoms with Crippen molar-refractivity contribution in [3.63, 3.8) is 0 Å². The SMILES string of the molecule is B[C@@]12CC=C(C)C(CCc3cccc(OC)c3)=C1C[C@H](OC)C2. The van der Waals surface area contributed by atoms with Crippen LogP contribution in [0.3, 0.4) is 0 Å². The molecule has 0 aromatic heterocycles. The van der Waals surface area contributed by atoms with E-state index < -0.39 is 0 Å². The van der Waals surface area contributed by atoms with Crippen molar-refractivity contribution in [2.75, 3.05) is 14.2 Å². The zero-order valence-corrected chi connectivity index (χ0v) is 14.8. The van der Waals surface area contributed by atoms with Crippen LogP contribution < -0.4 is 4.74 Å². The topological polar surface area (TPSA) is 18.5 Å². The first-order valence-corrected chi connectivity index (χ1v) is 8.61. The third-order valence-electron chi connectivity index (χ3n) is 5.67. The molecule has 0 bridgehead atoms. The lowest BCUT2D eigenvalue weighted by molar-refractivity contribution is 0.107. The Bertz CT molecular complexity index is 647. The molecule has 3 rings (SSSR count). The molecule has 0 N–H and O–H groups in total. The molecule has 2 atom stereocenters. The van der Waals surface area contributed by atoms with Gasteiger partial charge in [0.1, 0.15) is 13.6 Å². The summed E-state index contributed by atoms with van der Waals surface area (Å²) in [6, 6.07) is 8.44. The summed E-state index contributed by atoms with van der Waals surface area (Å²) >= 11 is 0. The van der Waals surface area contributed by atoms with Crippen LogP contribution in [0.25, 0.3) is 0 Å². The summed E-state index contributed by atoms with van der Waals surface area (Å²) < 4.78 is 11.0. The number of methoxy groups -OCH3 is 2. The maximum atomic E-state index is 5.67. The van der Waals surface area contributed by atoms with Crippen LogP contribution in [0.2, 0.25) is 5.31 Å². The molecule has 23 heavy (non-hydrogen) atoms. The van der Waals surface area contributed by atoms with Crippen LogP contribution in [0.4, 0.5) is 0 Å². The highest BCUT2D eigenvalue weighted by Crippen LogP contribution is 2.55. The van der Waals surface area contributed by atoms with Crippen molar-refractivity contribution in [1.29, 1.82) is 0 Å². The molecule has 0 unspecified atom stereocenters. The fourth-order valence-corrected chi connectivity index (χ4v) is 4.22. The Labute approximate surface area is 141 Å². The molecule has 0 radical (unpaired) electrons. The minimum Gasteiger partial charge on any atom is -0.497 e. The Balaban J connectivity index is 1.81. The van der Waals surface area contributed by atoms with Crippen LogP contribution in [0, 0.1) is 0 Å². The first-order chi connectivity index (χ1) is 11.1.